The summed E-state index contributed by atoms with van der Waals surface area (Å²) in [5, 5.41) is 0. The standard InChI is InChI=1S/C7H13Br/c1-4-5-6(2)7(3)8/h4-7H,1-3H3/b5-4+. The van der Waals surface area contributed by atoms with E-state index >= 15 is 0 Å². The highest BCUT2D eigenvalue weighted by Crippen LogP contribution is 2.11. The third-order valence-corrected chi connectivity index (χ3v) is 2.05. The summed E-state index contributed by atoms with van der Waals surface area (Å²) in [6.45, 7) is 6.40. The monoisotopic (exact) mass is 176 g/mol. The van der Waals surface area contributed by atoms with Crippen LogP contribution in [0.4, 0.5) is 0 Å². The maximum Gasteiger partial charge on any atom is 0.0177 e. The van der Waals surface area contributed by atoms with Crippen molar-refractivity contribution in [1.29, 1.82) is 0 Å². The summed E-state index contributed by atoms with van der Waals surface area (Å²) < 4.78 is 0. The van der Waals surface area contributed by atoms with Crippen LogP contribution >= 0.6 is 15.9 Å². The highest BCUT2D eigenvalue weighted by Gasteiger charge is 2.01. The van der Waals surface area contributed by atoms with E-state index in [1.54, 1.807) is 0 Å². The topological polar surface area (TPSA) is 0 Å². The van der Waals surface area contributed by atoms with Crippen molar-refractivity contribution in [3.63, 3.8) is 0 Å². The molecule has 0 rings (SSSR count). The lowest BCUT2D eigenvalue weighted by molar-refractivity contribution is 0.725. The maximum atomic E-state index is 3.49. The third kappa shape index (κ3) is 3.25. The molecule has 0 amide bonds. The minimum absolute atomic E-state index is 0.596. The van der Waals surface area contributed by atoms with Crippen LogP contribution in [-0.4, -0.2) is 4.83 Å². The molecule has 0 aromatic heterocycles. The minimum Gasteiger partial charge on any atom is -0.0914 e. The lowest BCUT2D eigenvalue weighted by Gasteiger charge is -2.06. The van der Waals surface area contributed by atoms with Gasteiger partial charge in [0.1, 0.15) is 0 Å². The van der Waals surface area contributed by atoms with Crippen LogP contribution in [0.3, 0.4) is 0 Å². The Bertz CT molecular complexity index is 74.5. The highest BCUT2D eigenvalue weighted by molar-refractivity contribution is 9.09. The zero-order valence-electron chi connectivity index (χ0n) is 5.69. The van der Waals surface area contributed by atoms with E-state index in [2.05, 4.69) is 41.9 Å². The van der Waals surface area contributed by atoms with Gasteiger partial charge >= 0.3 is 0 Å². The van der Waals surface area contributed by atoms with E-state index < -0.39 is 0 Å². The van der Waals surface area contributed by atoms with E-state index in [1.807, 2.05) is 6.92 Å². The predicted molar refractivity (Wildman–Crippen MR) is 42.4 cm³/mol. The Kier molecular flexibility index (Phi) is 4.25. The molecule has 0 nitrogen and oxygen atoms in total. The molecule has 0 aliphatic rings. The molecule has 2 unspecified atom stereocenters. The van der Waals surface area contributed by atoms with Gasteiger partial charge in [-0.15, -0.1) is 0 Å². The summed E-state index contributed by atoms with van der Waals surface area (Å²) in [4.78, 5) is 0.596. The molecule has 8 heavy (non-hydrogen) atoms. The lowest BCUT2D eigenvalue weighted by atomic mass is 10.1. The fraction of sp³-hybridized carbons (Fsp3) is 0.714. The number of allylic oxidation sites excluding steroid dienone is 2. The van der Waals surface area contributed by atoms with Gasteiger partial charge in [-0.05, 0) is 12.8 Å². The Morgan fingerprint density at radius 1 is 1.38 bits per heavy atom. The first-order chi connectivity index (χ1) is 3.68. The molecule has 0 heterocycles. The Morgan fingerprint density at radius 2 is 1.88 bits per heavy atom. The summed E-state index contributed by atoms with van der Waals surface area (Å²) in [5.41, 5.74) is 0. The minimum atomic E-state index is 0.596. The summed E-state index contributed by atoms with van der Waals surface area (Å²) in [7, 11) is 0. The highest BCUT2D eigenvalue weighted by atomic mass is 79.9. The molecule has 0 aliphatic heterocycles. The summed E-state index contributed by atoms with van der Waals surface area (Å²) in [6, 6.07) is 0. The van der Waals surface area contributed by atoms with Crippen molar-refractivity contribution in [2.24, 2.45) is 5.92 Å². The molecule has 0 bridgehead atoms. The second-order valence-electron chi connectivity index (χ2n) is 2.06. The van der Waals surface area contributed by atoms with E-state index in [0.29, 0.717) is 10.7 Å². The smallest absolute Gasteiger partial charge is 0.0177 e. The number of hydrogen-bond donors (Lipinski definition) is 0. The van der Waals surface area contributed by atoms with Crippen LogP contribution in [0.1, 0.15) is 20.8 Å². The molecule has 0 aromatic rings. The Labute approximate surface area is 60.1 Å². The first kappa shape index (κ1) is 8.22. The number of alkyl halides is 1. The molecule has 0 aromatic carbocycles. The molecule has 1 heteroatoms. The molecule has 2 atom stereocenters. The molecule has 0 saturated heterocycles. The quantitative estimate of drug-likeness (QED) is 0.449. The van der Waals surface area contributed by atoms with Crippen molar-refractivity contribution in [2.75, 3.05) is 0 Å². The second-order valence-corrected chi connectivity index (χ2v) is 3.51. The molecule has 0 spiro atoms. The van der Waals surface area contributed by atoms with Crippen LogP contribution in [0, 0.1) is 5.92 Å². The van der Waals surface area contributed by atoms with Crippen molar-refractivity contribution >= 4 is 15.9 Å². The van der Waals surface area contributed by atoms with Crippen LogP contribution in [0.25, 0.3) is 0 Å². The molecular formula is C7H13Br. The van der Waals surface area contributed by atoms with E-state index in [0.717, 1.165) is 0 Å². The fourth-order valence-corrected chi connectivity index (χ4v) is 0.633. The SMILES string of the molecule is C/C=C/C(C)C(C)Br. The van der Waals surface area contributed by atoms with Gasteiger partial charge in [0.05, 0.1) is 0 Å². The summed E-state index contributed by atoms with van der Waals surface area (Å²) in [5.74, 6) is 0.653. The average Bonchev–Trinajstić information content (AvgIpc) is 1.67. The molecule has 0 N–H and O–H groups in total. The van der Waals surface area contributed by atoms with Gasteiger partial charge < -0.3 is 0 Å². The first-order valence-electron chi connectivity index (χ1n) is 2.95. The van der Waals surface area contributed by atoms with E-state index in [1.165, 1.54) is 0 Å². The van der Waals surface area contributed by atoms with Gasteiger partial charge in [0.2, 0.25) is 0 Å². The van der Waals surface area contributed by atoms with Gasteiger partial charge in [0, 0.05) is 4.83 Å². The molecule has 0 fully saturated rings. The largest absolute Gasteiger partial charge is 0.0914 e. The average molecular weight is 177 g/mol. The van der Waals surface area contributed by atoms with Crippen molar-refractivity contribution < 1.29 is 0 Å². The van der Waals surface area contributed by atoms with Crippen molar-refractivity contribution in [1.82, 2.24) is 0 Å². The zero-order valence-corrected chi connectivity index (χ0v) is 7.27. The van der Waals surface area contributed by atoms with Crippen molar-refractivity contribution in [2.45, 2.75) is 25.6 Å². The number of rotatable bonds is 2. The van der Waals surface area contributed by atoms with Crippen molar-refractivity contribution in [3.05, 3.63) is 12.2 Å². The Hall–Kier alpha value is 0.220. The van der Waals surface area contributed by atoms with Crippen molar-refractivity contribution in [3.8, 4) is 0 Å². The van der Waals surface area contributed by atoms with Crippen LogP contribution in [-0.2, 0) is 0 Å². The van der Waals surface area contributed by atoms with Gasteiger partial charge in [-0.1, -0.05) is 41.9 Å². The van der Waals surface area contributed by atoms with Crippen LogP contribution < -0.4 is 0 Å². The first-order valence-corrected chi connectivity index (χ1v) is 3.87. The van der Waals surface area contributed by atoms with Gasteiger partial charge in [-0.3, -0.25) is 0 Å². The second kappa shape index (κ2) is 4.13. The predicted octanol–water partition coefficient (Wildman–Crippen LogP) is 2.98. The Balaban J connectivity index is 3.47. The van der Waals surface area contributed by atoms with Gasteiger partial charge in [0.25, 0.3) is 0 Å². The third-order valence-electron chi connectivity index (χ3n) is 1.22. The fourth-order valence-electron chi connectivity index (χ4n) is 0.457. The number of halogens is 1. The number of hydrogen-bond acceptors (Lipinski definition) is 0. The zero-order chi connectivity index (χ0) is 6.57. The van der Waals surface area contributed by atoms with Crippen LogP contribution in [0.15, 0.2) is 12.2 Å². The summed E-state index contributed by atoms with van der Waals surface area (Å²) in [6.07, 6.45) is 4.28. The normalized spacial score (nSPS) is 19.0. The summed E-state index contributed by atoms with van der Waals surface area (Å²) >= 11 is 3.49. The van der Waals surface area contributed by atoms with Gasteiger partial charge in [-0.25, -0.2) is 0 Å². The van der Waals surface area contributed by atoms with E-state index in [4.69, 9.17) is 0 Å². The molecule has 0 aliphatic carbocycles. The maximum absolute atomic E-state index is 3.49. The van der Waals surface area contributed by atoms with E-state index in [-0.39, 0.29) is 0 Å². The van der Waals surface area contributed by atoms with Gasteiger partial charge in [-0.2, -0.15) is 0 Å². The Morgan fingerprint density at radius 3 is 2.00 bits per heavy atom. The molecule has 0 radical (unpaired) electrons. The molecule has 0 saturated carbocycles. The lowest BCUT2D eigenvalue weighted by Crippen LogP contribution is -2.01. The molecular weight excluding hydrogens is 164 g/mol. The van der Waals surface area contributed by atoms with Gasteiger partial charge in [0.15, 0.2) is 0 Å². The van der Waals surface area contributed by atoms with Crippen LogP contribution in [0.2, 0.25) is 0 Å². The molecule has 48 valence electrons. The van der Waals surface area contributed by atoms with Crippen LogP contribution in [0.5, 0.6) is 0 Å². The van der Waals surface area contributed by atoms with E-state index in [9.17, 15) is 0 Å².